The van der Waals surface area contributed by atoms with E-state index in [4.69, 9.17) is 9.73 Å². The molecule has 1 aliphatic carbocycles. The number of carbonyl (C=O) groups is 1. The summed E-state index contributed by atoms with van der Waals surface area (Å²) in [5.74, 6) is 1.31. The van der Waals surface area contributed by atoms with Crippen molar-refractivity contribution >= 4 is 23.4 Å². The highest BCUT2D eigenvalue weighted by Gasteiger charge is 2.32. The molecule has 7 heteroatoms. The van der Waals surface area contributed by atoms with Gasteiger partial charge in [0.1, 0.15) is 0 Å². The molecule has 1 aromatic heterocycles. The average molecular weight is 381 g/mol. The maximum Gasteiger partial charge on any atom is 0.407 e. The summed E-state index contributed by atoms with van der Waals surface area (Å²) in [4.78, 5) is 17.8. The Balaban J connectivity index is 1.92. The van der Waals surface area contributed by atoms with Crippen molar-refractivity contribution in [1.82, 2.24) is 16.0 Å². The van der Waals surface area contributed by atoms with E-state index in [1.807, 2.05) is 6.92 Å². The second-order valence-electron chi connectivity index (χ2n) is 7.25. The summed E-state index contributed by atoms with van der Waals surface area (Å²) < 4.78 is 5.02. The van der Waals surface area contributed by atoms with E-state index in [9.17, 15) is 4.79 Å². The fraction of sp³-hybridized carbons (Fsp3) is 0.684. The second kappa shape index (κ2) is 9.80. The summed E-state index contributed by atoms with van der Waals surface area (Å²) in [7, 11) is 0. The van der Waals surface area contributed by atoms with Crippen LogP contribution in [-0.4, -0.2) is 44.3 Å². The van der Waals surface area contributed by atoms with Crippen LogP contribution in [0.2, 0.25) is 0 Å². The van der Waals surface area contributed by atoms with Crippen molar-refractivity contribution in [2.45, 2.75) is 52.0 Å². The third-order valence-electron chi connectivity index (χ3n) is 4.42. The molecule has 1 amide bonds. The standard InChI is InChI=1S/C19H32N4O2S/c1-5-20-17(22-13-19(3,4)16-8-7-11-26-16)21-12-15(14-9-10-14)23-18(24)25-6-2/h7-8,11,14-15H,5-6,9-10,12-13H2,1-4H3,(H,23,24)(H2,20,21,22). The number of ether oxygens (including phenoxy) is 1. The highest BCUT2D eigenvalue weighted by atomic mass is 32.1. The van der Waals surface area contributed by atoms with Crippen LogP contribution in [0, 0.1) is 5.92 Å². The molecule has 1 fully saturated rings. The molecule has 3 N–H and O–H groups in total. The van der Waals surface area contributed by atoms with Crippen LogP contribution >= 0.6 is 11.3 Å². The van der Waals surface area contributed by atoms with E-state index >= 15 is 0 Å². The predicted molar refractivity (Wildman–Crippen MR) is 108 cm³/mol. The van der Waals surface area contributed by atoms with Crippen molar-refractivity contribution in [3.63, 3.8) is 0 Å². The van der Waals surface area contributed by atoms with Gasteiger partial charge in [-0.05, 0) is 44.1 Å². The smallest absolute Gasteiger partial charge is 0.407 e. The Bertz CT molecular complexity index is 582. The molecule has 6 nitrogen and oxygen atoms in total. The van der Waals surface area contributed by atoms with Crippen molar-refractivity contribution in [2.75, 3.05) is 26.2 Å². The number of hydrogen-bond donors (Lipinski definition) is 3. The minimum absolute atomic E-state index is 0.00437. The molecule has 1 saturated carbocycles. The van der Waals surface area contributed by atoms with Crippen LogP contribution in [-0.2, 0) is 10.2 Å². The fourth-order valence-electron chi connectivity index (χ4n) is 2.72. The summed E-state index contributed by atoms with van der Waals surface area (Å²) in [6, 6.07) is 4.31. The van der Waals surface area contributed by atoms with Crippen LogP contribution in [0.15, 0.2) is 22.5 Å². The third-order valence-corrected chi connectivity index (χ3v) is 5.66. The molecule has 26 heavy (non-hydrogen) atoms. The number of thiophene rings is 1. The van der Waals surface area contributed by atoms with E-state index in [0.717, 1.165) is 25.3 Å². The van der Waals surface area contributed by atoms with Crippen LogP contribution in [0.3, 0.4) is 0 Å². The van der Waals surface area contributed by atoms with Crippen molar-refractivity contribution in [3.05, 3.63) is 22.4 Å². The first-order valence-electron chi connectivity index (χ1n) is 9.45. The Hall–Kier alpha value is -1.76. The molecular weight excluding hydrogens is 348 g/mol. The van der Waals surface area contributed by atoms with Gasteiger partial charge < -0.3 is 20.7 Å². The number of carbonyl (C=O) groups excluding carboxylic acids is 1. The summed E-state index contributed by atoms with van der Waals surface area (Å²) in [5, 5.41) is 11.7. The van der Waals surface area contributed by atoms with E-state index in [1.165, 1.54) is 4.88 Å². The van der Waals surface area contributed by atoms with Crippen LogP contribution in [0.5, 0.6) is 0 Å². The van der Waals surface area contributed by atoms with E-state index in [2.05, 4.69) is 54.2 Å². The van der Waals surface area contributed by atoms with E-state index in [-0.39, 0.29) is 17.6 Å². The molecule has 1 heterocycles. The van der Waals surface area contributed by atoms with Crippen molar-refractivity contribution in [2.24, 2.45) is 10.9 Å². The van der Waals surface area contributed by atoms with E-state index < -0.39 is 0 Å². The first kappa shape index (κ1) is 20.6. The Morgan fingerprint density at radius 2 is 2.15 bits per heavy atom. The molecular formula is C19H32N4O2S. The molecule has 1 aromatic rings. The quantitative estimate of drug-likeness (QED) is 0.455. The molecule has 2 rings (SSSR count). The number of rotatable bonds is 9. The minimum Gasteiger partial charge on any atom is -0.450 e. The molecule has 0 radical (unpaired) electrons. The van der Waals surface area contributed by atoms with E-state index in [0.29, 0.717) is 25.6 Å². The van der Waals surface area contributed by atoms with Crippen molar-refractivity contribution in [3.8, 4) is 0 Å². The lowest BCUT2D eigenvalue weighted by atomic mass is 9.92. The molecule has 146 valence electrons. The number of guanidine groups is 1. The summed E-state index contributed by atoms with van der Waals surface area (Å²) in [6.07, 6.45) is 1.96. The summed E-state index contributed by atoms with van der Waals surface area (Å²) in [5.41, 5.74) is -0.00437. The number of alkyl carbamates (subject to hydrolysis) is 1. The van der Waals surface area contributed by atoms with Crippen molar-refractivity contribution < 1.29 is 9.53 Å². The molecule has 0 aromatic carbocycles. The van der Waals surface area contributed by atoms with E-state index in [1.54, 1.807) is 11.3 Å². The van der Waals surface area contributed by atoms with Crippen LogP contribution in [0.25, 0.3) is 0 Å². The zero-order valence-electron chi connectivity index (χ0n) is 16.3. The van der Waals surface area contributed by atoms with Crippen molar-refractivity contribution in [1.29, 1.82) is 0 Å². The van der Waals surface area contributed by atoms with Gasteiger partial charge in [-0.25, -0.2) is 4.79 Å². The molecule has 0 bridgehead atoms. The minimum atomic E-state index is -0.341. The number of nitrogens with one attached hydrogen (secondary N) is 3. The zero-order chi connectivity index (χ0) is 19.0. The van der Waals surface area contributed by atoms with Gasteiger partial charge in [0.2, 0.25) is 0 Å². The highest BCUT2D eigenvalue weighted by molar-refractivity contribution is 7.10. The Morgan fingerprint density at radius 3 is 2.73 bits per heavy atom. The van der Waals surface area contributed by atoms with Gasteiger partial charge in [-0.3, -0.25) is 4.99 Å². The maximum atomic E-state index is 11.7. The predicted octanol–water partition coefficient (Wildman–Crippen LogP) is 3.11. The number of amides is 1. The molecule has 0 spiro atoms. The Morgan fingerprint density at radius 1 is 1.38 bits per heavy atom. The van der Waals surface area contributed by atoms with Gasteiger partial charge in [0.15, 0.2) is 5.96 Å². The lowest BCUT2D eigenvalue weighted by Gasteiger charge is -2.23. The first-order chi connectivity index (χ1) is 12.5. The monoisotopic (exact) mass is 380 g/mol. The lowest BCUT2D eigenvalue weighted by molar-refractivity contribution is 0.146. The van der Waals surface area contributed by atoms with Crippen LogP contribution in [0.1, 0.15) is 45.4 Å². The largest absolute Gasteiger partial charge is 0.450 e. The molecule has 1 unspecified atom stereocenters. The van der Waals surface area contributed by atoms with Gasteiger partial charge in [-0.2, -0.15) is 0 Å². The second-order valence-corrected chi connectivity index (χ2v) is 8.19. The Kier molecular flexibility index (Phi) is 7.75. The molecule has 0 saturated heterocycles. The Labute approximate surface area is 160 Å². The number of aliphatic imine (C=N–C) groups is 1. The maximum absolute atomic E-state index is 11.7. The van der Waals surface area contributed by atoms with Crippen LogP contribution < -0.4 is 16.0 Å². The average Bonchev–Trinajstić information content (AvgIpc) is 3.28. The topological polar surface area (TPSA) is 74.8 Å². The molecule has 1 aliphatic rings. The number of nitrogens with zero attached hydrogens (tertiary/aromatic N) is 1. The highest BCUT2D eigenvalue weighted by Crippen LogP contribution is 2.32. The van der Waals surface area contributed by atoms with Gasteiger partial charge in [0.25, 0.3) is 0 Å². The molecule has 1 atom stereocenters. The van der Waals surface area contributed by atoms with Gasteiger partial charge in [-0.15, -0.1) is 11.3 Å². The first-order valence-corrected chi connectivity index (χ1v) is 10.3. The lowest BCUT2D eigenvalue weighted by Crippen LogP contribution is -2.48. The summed E-state index contributed by atoms with van der Waals surface area (Å²) in [6.45, 7) is 10.8. The molecule has 0 aliphatic heterocycles. The normalized spacial score (nSPS) is 16.1. The SMILES string of the molecule is CCNC(=NCC(C)(C)c1cccs1)NCC(NC(=O)OCC)C1CC1. The van der Waals surface area contributed by atoms with Gasteiger partial charge in [-0.1, -0.05) is 19.9 Å². The number of hydrogen-bond acceptors (Lipinski definition) is 4. The zero-order valence-corrected chi connectivity index (χ0v) is 17.1. The van der Waals surface area contributed by atoms with Gasteiger partial charge in [0.05, 0.1) is 19.2 Å². The van der Waals surface area contributed by atoms with Gasteiger partial charge in [0, 0.05) is 23.4 Å². The van der Waals surface area contributed by atoms with Gasteiger partial charge >= 0.3 is 6.09 Å². The fourth-order valence-corrected chi connectivity index (χ4v) is 3.57. The van der Waals surface area contributed by atoms with Crippen LogP contribution in [0.4, 0.5) is 4.79 Å². The summed E-state index contributed by atoms with van der Waals surface area (Å²) >= 11 is 1.77. The third kappa shape index (κ3) is 6.52.